The molecule has 0 amide bonds. The summed E-state index contributed by atoms with van der Waals surface area (Å²) in [6.07, 6.45) is 3.30. The Balaban J connectivity index is 1.00. The fourth-order valence-corrected chi connectivity index (χ4v) is 9.59. The van der Waals surface area contributed by atoms with Gasteiger partial charge in [0, 0.05) is 43.7 Å². The second-order valence-electron chi connectivity index (χ2n) is 16.1. The van der Waals surface area contributed by atoms with Crippen LogP contribution in [0.15, 0.2) is 203 Å². The van der Waals surface area contributed by atoms with Gasteiger partial charge in [-0.15, -0.1) is 0 Å². The largest absolute Gasteiger partial charge is 0.456 e. The van der Waals surface area contributed by atoms with Gasteiger partial charge < -0.3 is 13.7 Å². The molecule has 3 heteroatoms. The lowest BCUT2D eigenvalue weighted by molar-refractivity contribution is 0.563. The highest BCUT2D eigenvalue weighted by molar-refractivity contribution is 6.19. The predicted octanol–water partition coefficient (Wildman–Crippen LogP) is 14.5. The van der Waals surface area contributed by atoms with Gasteiger partial charge in [0.15, 0.2) is 0 Å². The Morgan fingerprint density at radius 3 is 1.83 bits per heavy atom. The highest BCUT2D eigenvalue weighted by atomic mass is 16.3. The molecule has 0 saturated carbocycles. The zero-order valence-electron chi connectivity index (χ0n) is 33.1. The van der Waals surface area contributed by atoms with Crippen molar-refractivity contribution in [3.05, 3.63) is 210 Å². The van der Waals surface area contributed by atoms with Gasteiger partial charge in [0.05, 0.1) is 5.69 Å². The molecule has 0 aliphatic heterocycles. The maximum absolute atomic E-state index is 6.54. The van der Waals surface area contributed by atoms with Crippen molar-refractivity contribution in [2.45, 2.75) is 13.3 Å². The Labute approximate surface area is 347 Å². The van der Waals surface area contributed by atoms with E-state index in [0.717, 1.165) is 51.0 Å². The molecule has 0 bridgehead atoms. The standard InChI is InChI=1S/C57H39NO2/c1-36-33-50(57-51(34-36)48-15-7-9-17-53(48)60-57)39-21-27-43(28-22-39)58(42-25-19-38(20-26-42)37-11-3-2-4-12-37)52-31-30-44(46-13-5-6-14-47(46)52)40-23-29-45-41(35-40)24-32-55-56(45)49-16-8-10-18-54(49)59-55/h2-32,34-36H,33H2,1H3. The normalized spacial score (nSPS) is 13.9. The maximum Gasteiger partial charge on any atom is 0.138 e. The molecule has 1 aliphatic carbocycles. The quantitative estimate of drug-likeness (QED) is 0.169. The molecule has 2 aromatic heterocycles. The number of hydrogen-bond donors (Lipinski definition) is 0. The average molecular weight is 770 g/mol. The van der Waals surface area contributed by atoms with Crippen molar-refractivity contribution in [3.8, 4) is 22.3 Å². The molecule has 0 N–H and O–H groups in total. The summed E-state index contributed by atoms with van der Waals surface area (Å²) in [5.74, 6) is 0.409. The topological polar surface area (TPSA) is 29.5 Å². The van der Waals surface area contributed by atoms with Crippen LogP contribution in [0.5, 0.6) is 0 Å². The van der Waals surface area contributed by atoms with Crippen LogP contribution in [0.2, 0.25) is 0 Å². The predicted molar refractivity (Wildman–Crippen MR) is 251 cm³/mol. The molecule has 1 unspecified atom stereocenters. The molecular formula is C57H39NO2. The third kappa shape index (κ3) is 5.58. The Hall–Kier alpha value is -7.62. The van der Waals surface area contributed by atoms with Crippen molar-refractivity contribution in [2.24, 2.45) is 5.92 Å². The Morgan fingerprint density at radius 1 is 0.450 bits per heavy atom. The zero-order valence-corrected chi connectivity index (χ0v) is 33.1. The van der Waals surface area contributed by atoms with Crippen molar-refractivity contribution < 1.29 is 8.83 Å². The molecule has 60 heavy (non-hydrogen) atoms. The van der Waals surface area contributed by atoms with Crippen LogP contribution in [0.1, 0.15) is 18.9 Å². The first-order valence-electron chi connectivity index (χ1n) is 20.8. The van der Waals surface area contributed by atoms with Crippen LogP contribution in [-0.4, -0.2) is 0 Å². The Bertz CT molecular complexity index is 3580. The van der Waals surface area contributed by atoms with E-state index in [2.05, 4.69) is 194 Å². The first-order chi connectivity index (χ1) is 29.6. The summed E-state index contributed by atoms with van der Waals surface area (Å²) < 4.78 is 12.8. The first-order valence-corrected chi connectivity index (χ1v) is 20.8. The molecule has 11 aromatic rings. The fraction of sp³-hybridized carbons (Fsp3) is 0.0526. The lowest BCUT2D eigenvalue weighted by Gasteiger charge is -2.28. The van der Waals surface area contributed by atoms with E-state index in [1.54, 1.807) is 0 Å². The van der Waals surface area contributed by atoms with Gasteiger partial charge in [-0.25, -0.2) is 0 Å². The number of anilines is 3. The first kappa shape index (κ1) is 34.4. The van der Waals surface area contributed by atoms with E-state index in [9.17, 15) is 0 Å². The minimum absolute atomic E-state index is 0.409. The zero-order chi connectivity index (χ0) is 39.7. The number of fused-ring (bicyclic) bond motifs is 9. The number of benzene rings is 9. The summed E-state index contributed by atoms with van der Waals surface area (Å²) in [5, 5.41) is 9.49. The van der Waals surface area contributed by atoms with Crippen LogP contribution in [0.25, 0.3) is 88.4 Å². The number of rotatable bonds is 6. The molecular weight excluding hydrogens is 731 g/mol. The van der Waals surface area contributed by atoms with Crippen molar-refractivity contribution in [1.29, 1.82) is 0 Å². The molecule has 0 saturated heterocycles. The summed E-state index contributed by atoms with van der Waals surface area (Å²) in [7, 11) is 0. The molecule has 12 rings (SSSR count). The summed E-state index contributed by atoms with van der Waals surface area (Å²) in [6, 6.07) is 69.9. The van der Waals surface area contributed by atoms with Gasteiger partial charge in [-0.1, -0.05) is 153 Å². The van der Waals surface area contributed by atoms with E-state index in [4.69, 9.17) is 8.83 Å². The molecule has 9 aromatic carbocycles. The molecule has 1 atom stereocenters. The summed E-state index contributed by atoms with van der Waals surface area (Å²) in [6.45, 7) is 2.30. The van der Waals surface area contributed by atoms with Crippen LogP contribution in [0.3, 0.4) is 0 Å². The maximum atomic E-state index is 6.54. The van der Waals surface area contributed by atoms with Gasteiger partial charge in [0.2, 0.25) is 0 Å². The minimum atomic E-state index is 0.409. The van der Waals surface area contributed by atoms with Crippen LogP contribution in [-0.2, 0) is 0 Å². The lowest BCUT2D eigenvalue weighted by atomic mass is 9.90. The van der Waals surface area contributed by atoms with Gasteiger partial charge in [0.1, 0.15) is 22.2 Å². The SMILES string of the molecule is CC1C=c2c(oc3ccccc23)=C(c2ccc(N(c3ccc(-c4ccccc4)cc3)c3ccc(-c4ccc5c(ccc6oc7ccccc7c65)c4)c4ccccc34)cc2)C1. The van der Waals surface area contributed by atoms with E-state index in [1.807, 2.05) is 18.2 Å². The van der Waals surface area contributed by atoms with Crippen molar-refractivity contribution in [1.82, 2.24) is 0 Å². The van der Waals surface area contributed by atoms with Gasteiger partial charge in [0.25, 0.3) is 0 Å². The van der Waals surface area contributed by atoms with Gasteiger partial charge >= 0.3 is 0 Å². The highest BCUT2D eigenvalue weighted by Gasteiger charge is 2.21. The second-order valence-corrected chi connectivity index (χ2v) is 16.1. The average Bonchev–Trinajstić information content (AvgIpc) is 3.88. The summed E-state index contributed by atoms with van der Waals surface area (Å²) in [4.78, 5) is 2.40. The number of para-hydroxylation sites is 2. The molecule has 284 valence electrons. The van der Waals surface area contributed by atoms with Crippen LogP contribution >= 0.6 is 0 Å². The van der Waals surface area contributed by atoms with Gasteiger partial charge in [-0.3, -0.25) is 0 Å². The van der Waals surface area contributed by atoms with Crippen molar-refractivity contribution >= 4 is 83.2 Å². The molecule has 0 radical (unpaired) electrons. The smallest absolute Gasteiger partial charge is 0.138 e. The van der Waals surface area contributed by atoms with E-state index >= 15 is 0 Å². The monoisotopic (exact) mass is 769 g/mol. The summed E-state index contributed by atoms with van der Waals surface area (Å²) >= 11 is 0. The Morgan fingerprint density at radius 2 is 1.07 bits per heavy atom. The van der Waals surface area contributed by atoms with Gasteiger partial charge in [-0.05, 0) is 111 Å². The van der Waals surface area contributed by atoms with E-state index in [-0.39, 0.29) is 0 Å². The van der Waals surface area contributed by atoms with Gasteiger partial charge in [-0.2, -0.15) is 0 Å². The molecule has 2 heterocycles. The van der Waals surface area contributed by atoms with Crippen molar-refractivity contribution in [2.75, 3.05) is 4.90 Å². The molecule has 0 fully saturated rings. The summed E-state index contributed by atoms with van der Waals surface area (Å²) in [5.41, 5.74) is 14.3. The van der Waals surface area contributed by atoms with Crippen LogP contribution in [0, 0.1) is 5.92 Å². The third-order valence-electron chi connectivity index (χ3n) is 12.4. The van der Waals surface area contributed by atoms with E-state index in [1.165, 1.54) is 70.9 Å². The minimum Gasteiger partial charge on any atom is -0.456 e. The molecule has 3 nitrogen and oxygen atoms in total. The lowest BCUT2D eigenvalue weighted by Crippen LogP contribution is -2.29. The van der Waals surface area contributed by atoms with E-state index < -0.39 is 0 Å². The number of furan rings is 2. The van der Waals surface area contributed by atoms with Crippen LogP contribution < -0.4 is 15.5 Å². The number of nitrogens with zero attached hydrogens (tertiary/aromatic N) is 1. The fourth-order valence-electron chi connectivity index (χ4n) is 9.59. The highest BCUT2D eigenvalue weighted by Crippen LogP contribution is 2.44. The third-order valence-corrected chi connectivity index (χ3v) is 12.4. The van der Waals surface area contributed by atoms with E-state index in [0.29, 0.717) is 5.92 Å². The van der Waals surface area contributed by atoms with Crippen LogP contribution in [0.4, 0.5) is 17.1 Å². The Kier molecular flexibility index (Phi) is 7.89. The number of hydrogen-bond acceptors (Lipinski definition) is 3. The van der Waals surface area contributed by atoms with Crippen molar-refractivity contribution in [3.63, 3.8) is 0 Å². The molecule has 1 aliphatic rings. The molecule has 0 spiro atoms. The second kappa shape index (κ2) is 13.8.